The number of hydrogen-bond donors (Lipinski definition) is 1. The number of carbonyl (C=O) groups excluding carboxylic acids is 1. The highest BCUT2D eigenvalue weighted by Gasteiger charge is 2.10. The molecule has 6 heteroatoms. The Kier molecular flexibility index (Phi) is 3.27. The number of esters is 1. The number of aromatic nitrogens is 2. The molecule has 0 fully saturated rings. The van der Waals surface area contributed by atoms with Crippen molar-refractivity contribution in [2.45, 2.75) is 13.3 Å². The van der Waals surface area contributed by atoms with Crippen LogP contribution in [-0.2, 0) is 16.0 Å². The van der Waals surface area contributed by atoms with Crippen LogP contribution in [0.2, 0.25) is 0 Å². The molecule has 0 aromatic carbocycles. The minimum Gasteiger partial charge on any atom is -0.466 e. The fourth-order valence-corrected chi connectivity index (χ4v) is 1.67. The molecule has 18 heavy (non-hydrogen) atoms. The van der Waals surface area contributed by atoms with E-state index < -0.39 is 17.1 Å². The van der Waals surface area contributed by atoms with Gasteiger partial charge in [0, 0.05) is 17.8 Å². The van der Waals surface area contributed by atoms with E-state index in [1.165, 1.54) is 12.3 Å². The third-order valence-electron chi connectivity index (χ3n) is 2.47. The van der Waals surface area contributed by atoms with E-state index in [-0.39, 0.29) is 18.6 Å². The highest BCUT2D eigenvalue weighted by Crippen LogP contribution is 1.97. The first-order valence-corrected chi connectivity index (χ1v) is 5.51. The van der Waals surface area contributed by atoms with Crippen LogP contribution in [0.25, 0.3) is 5.65 Å². The Morgan fingerprint density at radius 3 is 2.89 bits per heavy atom. The first-order valence-electron chi connectivity index (χ1n) is 5.51. The Morgan fingerprint density at radius 1 is 1.39 bits per heavy atom. The van der Waals surface area contributed by atoms with Gasteiger partial charge in [-0.3, -0.25) is 14.4 Å². The highest BCUT2D eigenvalue weighted by atomic mass is 16.5. The van der Waals surface area contributed by atoms with Crippen molar-refractivity contribution in [1.82, 2.24) is 9.38 Å². The Hall–Kier alpha value is -2.37. The monoisotopic (exact) mass is 248 g/mol. The fourth-order valence-electron chi connectivity index (χ4n) is 1.67. The molecule has 0 saturated heterocycles. The first kappa shape index (κ1) is 12.1. The molecular formula is C12H12N2O4. The molecule has 2 rings (SSSR count). The first-order chi connectivity index (χ1) is 8.63. The summed E-state index contributed by atoms with van der Waals surface area (Å²) in [4.78, 5) is 37.7. The lowest BCUT2D eigenvalue weighted by Gasteiger charge is -2.04. The van der Waals surface area contributed by atoms with E-state index >= 15 is 0 Å². The van der Waals surface area contributed by atoms with E-state index in [9.17, 15) is 14.4 Å². The lowest BCUT2D eigenvalue weighted by molar-refractivity contribution is -0.142. The van der Waals surface area contributed by atoms with Crippen LogP contribution in [0.15, 0.2) is 34.0 Å². The lowest BCUT2D eigenvalue weighted by Crippen LogP contribution is -2.30. The van der Waals surface area contributed by atoms with Crippen LogP contribution in [0.4, 0.5) is 0 Å². The Balaban J connectivity index is 2.52. The molecule has 0 unspecified atom stereocenters. The molecule has 0 saturated carbocycles. The maximum atomic E-state index is 12.0. The highest BCUT2D eigenvalue weighted by molar-refractivity contribution is 5.72. The summed E-state index contributed by atoms with van der Waals surface area (Å²) in [6.07, 6.45) is 1.27. The molecule has 6 nitrogen and oxygen atoms in total. The number of aromatic amines is 1. The molecule has 0 radical (unpaired) electrons. The largest absolute Gasteiger partial charge is 0.466 e. The number of pyridine rings is 1. The van der Waals surface area contributed by atoms with Crippen molar-refractivity contribution in [3.63, 3.8) is 0 Å². The van der Waals surface area contributed by atoms with Gasteiger partial charge >= 0.3 is 5.97 Å². The average Bonchev–Trinajstić information content (AvgIpc) is 2.33. The summed E-state index contributed by atoms with van der Waals surface area (Å²) in [5, 5.41) is 0. The summed E-state index contributed by atoms with van der Waals surface area (Å²) < 4.78 is 5.76. The fraction of sp³-hybridized carbons (Fsp3) is 0.250. The number of ether oxygens (including phenoxy) is 1. The predicted octanol–water partition coefficient (Wildman–Crippen LogP) is 0.0934. The van der Waals surface area contributed by atoms with Crippen molar-refractivity contribution in [1.29, 1.82) is 0 Å². The van der Waals surface area contributed by atoms with Crippen LogP contribution in [0.1, 0.15) is 12.5 Å². The SMILES string of the molecule is CCOC(=O)Cc1c[nH]c2cccc(=O)n2c1=O. The van der Waals surface area contributed by atoms with E-state index in [4.69, 9.17) is 4.74 Å². The third kappa shape index (κ3) is 2.17. The minimum atomic E-state index is -0.498. The standard InChI is InChI=1S/C12H12N2O4/c1-2-18-11(16)6-8-7-13-9-4-3-5-10(15)14(9)12(8)17/h3-5,7,13H,2,6H2,1H3. The van der Waals surface area contributed by atoms with Crippen molar-refractivity contribution >= 4 is 11.6 Å². The second kappa shape index (κ2) is 4.87. The molecule has 0 aliphatic rings. The van der Waals surface area contributed by atoms with Gasteiger partial charge in [-0.15, -0.1) is 0 Å². The molecule has 2 aromatic heterocycles. The van der Waals surface area contributed by atoms with Crippen molar-refractivity contribution in [3.05, 3.63) is 50.7 Å². The average molecular weight is 248 g/mol. The zero-order valence-corrected chi connectivity index (χ0v) is 9.80. The topological polar surface area (TPSA) is 80.6 Å². The van der Waals surface area contributed by atoms with Crippen molar-refractivity contribution < 1.29 is 9.53 Å². The van der Waals surface area contributed by atoms with Gasteiger partial charge in [0.15, 0.2) is 0 Å². The molecule has 1 N–H and O–H groups in total. The molecule has 0 aliphatic carbocycles. The summed E-state index contributed by atoms with van der Waals surface area (Å²) in [6, 6.07) is 4.45. The number of carbonyl (C=O) groups is 1. The van der Waals surface area contributed by atoms with Gasteiger partial charge in [0.05, 0.1) is 13.0 Å². The van der Waals surface area contributed by atoms with Gasteiger partial charge in [-0.2, -0.15) is 0 Å². The zero-order chi connectivity index (χ0) is 13.1. The quantitative estimate of drug-likeness (QED) is 0.781. The molecule has 0 spiro atoms. The normalized spacial score (nSPS) is 10.5. The van der Waals surface area contributed by atoms with Gasteiger partial charge in [0.2, 0.25) is 0 Å². The molecule has 94 valence electrons. The van der Waals surface area contributed by atoms with Crippen molar-refractivity contribution in [2.24, 2.45) is 0 Å². The van der Waals surface area contributed by atoms with Crippen LogP contribution < -0.4 is 11.1 Å². The van der Waals surface area contributed by atoms with Gasteiger partial charge in [-0.05, 0) is 13.0 Å². The molecular weight excluding hydrogens is 236 g/mol. The summed E-state index contributed by atoms with van der Waals surface area (Å²) in [6.45, 7) is 1.94. The smallest absolute Gasteiger partial charge is 0.310 e. The number of rotatable bonds is 3. The number of fused-ring (bicyclic) bond motifs is 1. The number of H-pyrrole nitrogens is 1. The van der Waals surface area contributed by atoms with Gasteiger partial charge in [-0.1, -0.05) is 6.07 Å². The molecule has 2 aromatic rings. The Labute approximate surface area is 102 Å². The second-order valence-corrected chi connectivity index (χ2v) is 3.69. The van der Waals surface area contributed by atoms with Crippen LogP contribution in [-0.4, -0.2) is 22.0 Å². The maximum absolute atomic E-state index is 12.0. The predicted molar refractivity (Wildman–Crippen MR) is 64.6 cm³/mol. The van der Waals surface area contributed by atoms with E-state index in [0.29, 0.717) is 5.65 Å². The second-order valence-electron chi connectivity index (χ2n) is 3.69. The van der Waals surface area contributed by atoms with Gasteiger partial charge < -0.3 is 9.72 Å². The summed E-state index contributed by atoms with van der Waals surface area (Å²) in [7, 11) is 0. The van der Waals surface area contributed by atoms with Crippen LogP contribution >= 0.6 is 0 Å². The third-order valence-corrected chi connectivity index (χ3v) is 2.47. The molecule has 0 atom stereocenters. The van der Waals surface area contributed by atoms with Gasteiger partial charge in [-0.25, -0.2) is 4.40 Å². The van der Waals surface area contributed by atoms with E-state index in [1.54, 1.807) is 19.1 Å². The van der Waals surface area contributed by atoms with Gasteiger partial charge in [0.25, 0.3) is 11.1 Å². The number of nitrogens with one attached hydrogen (secondary N) is 1. The lowest BCUT2D eigenvalue weighted by atomic mass is 10.2. The molecule has 0 amide bonds. The van der Waals surface area contributed by atoms with Crippen LogP contribution in [0.3, 0.4) is 0 Å². The zero-order valence-electron chi connectivity index (χ0n) is 9.80. The minimum absolute atomic E-state index is 0.152. The van der Waals surface area contributed by atoms with Crippen LogP contribution in [0.5, 0.6) is 0 Å². The van der Waals surface area contributed by atoms with Gasteiger partial charge in [0.1, 0.15) is 5.65 Å². The summed E-state index contributed by atoms with van der Waals surface area (Å²) >= 11 is 0. The summed E-state index contributed by atoms with van der Waals surface area (Å²) in [5.74, 6) is -0.494. The maximum Gasteiger partial charge on any atom is 0.310 e. The van der Waals surface area contributed by atoms with Crippen LogP contribution in [0, 0.1) is 0 Å². The Morgan fingerprint density at radius 2 is 2.17 bits per heavy atom. The Bertz CT molecular complexity index is 699. The molecule has 2 heterocycles. The van der Waals surface area contributed by atoms with E-state index in [2.05, 4.69) is 4.98 Å². The number of hydrogen-bond acceptors (Lipinski definition) is 4. The van der Waals surface area contributed by atoms with E-state index in [1.807, 2.05) is 0 Å². The van der Waals surface area contributed by atoms with E-state index in [0.717, 1.165) is 4.40 Å². The molecule has 0 aliphatic heterocycles. The summed E-state index contributed by atoms with van der Waals surface area (Å²) in [5.41, 5.74) is -0.337. The van der Waals surface area contributed by atoms with Crippen molar-refractivity contribution in [3.8, 4) is 0 Å². The van der Waals surface area contributed by atoms with Crippen molar-refractivity contribution in [2.75, 3.05) is 6.61 Å². The number of nitrogens with zero attached hydrogens (tertiary/aromatic N) is 1. The molecule has 0 bridgehead atoms.